The van der Waals surface area contributed by atoms with Crippen LogP contribution in [-0.2, 0) is 11.2 Å². The lowest BCUT2D eigenvalue weighted by molar-refractivity contribution is -0.130. The predicted octanol–water partition coefficient (Wildman–Crippen LogP) is 3.81. The summed E-state index contributed by atoms with van der Waals surface area (Å²) in [5.41, 5.74) is 10.0. The second-order valence-corrected chi connectivity index (χ2v) is 8.10. The maximum absolute atomic E-state index is 12.5. The van der Waals surface area contributed by atoms with Crippen molar-refractivity contribution in [3.8, 4) is 6.07 Å². The number of hydrogen-bond acceptors (Lipinski definition) is 3. The molecule has 0 aromatic heterocycles. The van der Waals surface area contributed by atoms with Gasteiger partial charge in [-0.2, -0.15) is 5.26 Å². The monoisotopic (exact) mass is 308 g/mol. The minimum atomic E-state index is -0.101. The Hall–Kier alpha value is -1.82. The molecular weight excluding hydrogens is 284 g/mol. The minimum Gasteiger partial charge on any atom is -0.397 e. The van der Waals surface area contributed by atoms with Crippen molar-refractivity contribution in [3.05, 3.63) is 28.8 Å². The molecule has 3 aliphatic rings. The van der Waals surface area contributed by atoms with E-state index in [1.807, 2.05) is 6.07 Å². The summed E-state index contributed by atoms with van der Waals surface area (Å²) in [4.78, 5) is 12.5. The van der Waals surface area contributed by atoms with E-state index in [-0.39, 0.29) is 5.41 Å². The van der Waals surface area contributed by atoms with E-state index in [9.17, 15) is 10.1 Å². The molecular formula is C20H24N2O. The quantitative estimate of drug-likeness (QED) is 0.741. The summed E-state index contributed by atoms with van der Waals surface area (Å²) >= 11 is 0. The van der Waals surface area contributed by atoms with E-state index in [4.69, 9.17) is 5.73 Å². The highest BCUT2D eigenvalue weighted by Gasteiger charge is 2.56. The van der Waals surface area contributed by atoms with Gasteiger partial charge in [0.05, 0.1) is 11.3 Å². The Kier molecular flexibility index (Phi) is 3.10. The van der Waals surface area contributed by atoms with Crippen LogP contribution in [0, 0.1) is 34.5 Å². The van der Waals surface area contributed by atoms with Gasteiger partial charge in [0.2, 0.25) is 0 Å². The fourth-order valence-corrected chi connectivity index (χ4v) is 6.12. The fraction of sp³-hybridized carbons (Fsp3) is 0.600. The van der Waals surface area contributed by atoms with Crippen molar-refractivity contribution in [1.29, 1.82) is 5.26 Å². The van der Waals surface area contributed by atoms with E-state index in [0.717, 1.165) is 32.1 Å². The molecule has 0 aliphatic heterocycles. The molecule has 5 atom stereocenters. The van der Waals surface area contributed by atoms with Gasteiger partial charge in [0.1, 0.15) is 11.9 Å². The summed E-state index contributed by atoms with van der Waals surface area (Å²) in [5.74, 6) is 2.60. The molecule has 4 rings (SSSR count). The van der Waals surface area contributed by atoms with Gasteiger partial charge in [-0.05, 0) is 66.5 Å². The van der Waals surface area contributed by atoms with E-state index < -0.39 is 0 Å². The number of hydrogen-bond donors (Lipinski definition) is 1. The van der Waals surface area contributed by atoms with Crippen LogP contribution in [0.1, 0.15) is 62.1 Å². The fourth-order valence-electron chi connectivity index (χ4n) is 6.12. The number of Topliss-reactive ketones (excluding diaryl/α,β-unsaturated/α-hetero) is 1. The SMILES string of the molecule is C[C@H]1C[C@]2(C)C(=O)CCC2C2CCc3c(ccc(C#N)c3N)C21. The second-order valence-electron chi connectivity index (χ2n) is 8.10. The molecule has 0 amide bonds. The van der Waals surface area contributed by atoms with Crippen LogP contribution in [0.15, 0.2) is 12.1 Å². The average Bonchev–Trinajstić information content (AvgIpc) is 2.82. The number of fused-ring (bicyclic) bond motifs is 5. The third-order valence-electron chi connectivity index (χ3n) is 7.08. The molecule has 0 saturated heterocycles. The van der Waals surface area contributed by atoms with Gasteiger partial charge in [0.15, 0.2) is 0 Å². The minimum absolute atomic E-state index is 0.101. The summed E-state index contributed by atoms with van der Waals surface area (Å²) in [6.45, 7) is 4.51. The number of benzene rings is 1. The number of carbonyl (C=O) groups is 1. The Morgan fingerprint density at radius 2 is 2.09 bits per heavy atom. The van der Waals surface area contributed by atoms with Crippen molar-refractivity contribution in [3.63, 3.8) is 0 Å². The van der Waals surface area contributed by atoms with E-state index in [1.54, 1.807) is 0 Å². The smallest absolute Gasteiger partial charge is 0.139 e. The normalized spacial score (nSPS) is 38.4. The number of carbonyl (C=O) groups excluding carboxylic acids is 1. The summed E-state index contributed by atoms with van der Waals surface area (Å²) in [7, 11) is 0. The number of nitrogens with two attached hydrogens (primary N) is 1. The number of nitrogens with zero attached hydrogens (tertiary/aromatic N) is 1. The van der Waals surface area contributed by atoms with E-state index >= 15 is 0 Å². The Balaban J connectivity index is 1.80. The van der Waals surface area contributed by atoms with Gasteiger partial charge in [-0.25, -0.2) is 0 Å². The van der Waals surface area contributed by atoms with Gasteiger partial charge in [-0.15, -0.1) is 0 Å². The average molecular weight is 308 g/mol. The lowest BCUT2D eigenvalue weighted by atomic mass is 9.52. The maximum Gasteiger partial charge on any atom is 0.139 e. The Labute approximate surface area is 137 Å². The van der Waals surface area contributed by atoms with Crippen molar-refractivity contribution in [2.24, 2.45) is 23.2 Å². The van der Waals surface area contributed by atoms with E-state index in [0.29, 0.717) is 40.7 Å². The predicted molar refractivity (Wildman–Crippen MR) is 89.7 cm³/mol. The highest BCUT2D eigenvalue weighted by atomic mass is 16.1. The molecule has 1 aromatic rings. The topological polar surface area (TPSA) is 66.9 Å². The zero-order valence-electron chi connectivity index (χ0n) is 13.9. The molecule has 2 N–H and O–H groups in total. The summed E-state index contributed by atoms with van der Waals surface area (Å²) in [5, 5.41) is 9.22. The number of anilines is 1. The summed E-state index contributed by atoms with van der Waals surface area (Å²) < 4.78 is 0. The molecule has 1 aromatic carbocycles. The largest absolute Gasteiger partial charge is 0.397 e. The summed E-state index contributed by atoms with van der Waals surface area (Å²) in [6, 6.07) is 6.23. The van der Waals surface area contributed by atoms with Crippen LogP contribution in [0.5, 0.6) is 0 Å². The first-order chi connectivity index (χ1) is 11.0. The lowest BCUT2D eigenvalue weighted by Gasteiger charge is -2.51. The Morgan fingerprint density at radius 1 is 1.30 bits per heavy atom. The molecule has 2 saturated carbocycles. The summed E-state index contributed by atoms with van der Waals surface area (Å²) in [6.07, 6.45) is 4.88. The lowest BCUT2D eigenvalue weighted by Crippen LogP contribution is -2.46. The third-order valence-corrected chi connectivity index (χ3v) is 7.08. The molecule has 0 heterocycles. The molecule has 3 aliphatic carbocycles. The number of nitriles is 1. The molecule has 0 spiro atoms. The highest BCUT2D eigenvalue weighted by Crippen LogP contribution is 2.61. The molecule has 0 radical (unpaired) electrons. The van der Waals surface area contributed by atoms with Crippen LogP contribution < -0.4 is 5.73 Å². The molecule has 2 fully saturated rings. The van der Waals surface area contributed by atoms with Crippen molar-refractivity contribution in [2.75, 3.05) is 5.73 Å². The molecule has 3 heteroatoms. The first-order valence-corrected chi connectivity index (χ1v) is 8.82. The molecule has 120 valence electrons. The van der Waals surface area contributed by atoms with Crippen molar-refractivity contribution in [1.82, 2.24) is 0 Å². The van der Waals surface area contributed by atoms with Crippen LogP contribution >= 0.6 is 0 Å². The molecule has 23 heavy (non-hydrogen) atoms. The van der Waals surface area contributed by atoms with Crippen LogP contribution in [0.4, 0.5) is 5.69 Å². The maximum atomic E-state index is 12.5. The Bertz CT molecular complexity index is 732. The highest BCUT2D eigenvalue weighted by molar-refractivity contribution is 5.87. The van der Waals surface area contributed by atoms with Gasteiger partial charge in [-0.3, -0.25) is 4.79 Å². The third kappa shape index (κ3) is 1.84. The van der Waals surface area contributed by atoms with Crippen molar-refractivity contribution >= 4 is 11.5 Å². The molecule has 0 bridgehead atoms. The van der Waals surface area contributed by atoms with Crippen LogP contribution in [0.25, 0.3) is 0 Å². The first-order valence-electron chi connectivity index (χ1n) is 8.82. The standard InChI is InChI=1S/C20H24N2O/c1-11-9-20(2)16(7-8-17(20)23)15-6-5-14-13(18(11)15)4-3-12(10-21)19(14)22/h3-4,11,15-16,18H,5-9,22H2,1-2H3/t11-,15?,16?,18?,20-/m0/s1. The van der Waals surface area contributed by atoms with Crippen LogP contribution in [0.3, 0.4) is 0 Å². The Morgan fingerprint density at radius 3 is 2.83 bits per heavy atom. The zero-order chi connectivity index (χ0) is 16.4. The van der Waals surface area contributed by atoms with E-state index in [2.05, 4.69) is 26.0 Å². The van der Waals surface area contributed by atoms with Gasteiger partial charge in [-0.1, -0.05) is 19.9 Å². The zero-order valence-corrected chi connectivity index (χ0v) is 13.9. The number of ketones is 1. The molecule has 3 unspecified atom stereocenters. The van der Waals surface area contributed by atoms with E-state index in [1.165, 1.54) is 11.1 Å². The van der Waals surface area contributed by atoms with Crippen LogP contribution in [0.2, 0.25) is 0 Å². The van der Waals surface area contributed by atoms with Gasteiger partial charge >= 0.3 is 0 Å². The van der Waals surface area contributed by atoms with Gasteiger partial charge in [0.25, 0.3) is 0 Å². The number of nitrogen functional groups attached to an aromatic ring is 1. The first kappa shape index (κ1) is 14.8. The van der Waals surface area contributed by atoms with Gasteiger partial charge in [0, 0.05) is 11.8 Å². The second kappa shape index (κ2) is 4.84. The van der Waals surface area contributed by atoms with Gasteiger partial charge < -0.3 is 5.73 Å². The van der Waals surface area contributed by atoms with Crippen LogP contribution in [-0.4, -0.2) is 5.78 Å². The van der Waals surface area contributed by atoms with Crippen molar-refractivity contribution in [2.45, 2.75) is 51.9 Å². The number of rotatable bonds is 0. The molecule has 3 nitrogen and oxygen atoms in total. The van der Waals surface area contributed by atoms with Crippen molar-refractivity contribution < 1.29 is 4.79 Å².